The number of nitrogens with zero attached hydrogens (tertiary/aromatic N) is 1. The maximum atomic E-state index is 3.48. The zero-order chi connectivity index (χ0) is 12.6. The van der Waals surface area contributed by atoms with Gasteiger partial charge in [0, 0.05) is 35.9 Å². The van der Waals surface area contributed by atoms with E-state index in [0.29, 0.717) is 0 Å². The molecule has 0 aliphatic carbocycles. The van der Waals surface area contributed by atoms with E-state index in [1.165, 1.54) is 16.2 Å². The summed E-state index contributed by atoms with van der Waals surface area (Å²) in [5.74, 6) is 0. The van der Waals surface area contributed by atoms with Gasteiger partial charge in [0.2, 0.25) is 0 Å². The van der Waals surface area contributed by atoms with E-state index in [1.54, 1.807) is 0 Å². The van der Waals surface area contributed by atoms with Crippen molar-refractivity contribution in [3.8, 4) is 0 Å². The highest BCUT2D eigenvalue weighted by molar-refractivity contribution is 7.10. The molecule has 0 bridgehead atoms. The van der Waals surface area contributed by atoms with Crippen LogP contribution in [-0.2, 0) is 13.0 Å². The molecule has 1 N–H and O–H groups in total. The molecular weight excluding hydrogens is 260 g/mol. The van der Waals surface area contributed by atoms with Crippen LogP contribution in [0.2, 0.25) is 0 Å². The lowest BCUT2D eigenvalue weighted by Gasteiger charge is -2.16. The smallest absolute Gasteiger partial charge is 0.0300 e. The number of likely N-dealkylation sites (N-methyl/N-ethyl adjacent to an activating group) is 1. The van der Waals surface area contributed by atoms with E-state index >= 15 is 0 Å². The van der Waals surface area contributed by atoms with Gasteiger partial charge in [-0.2, -0.15) is 0 Å². The van der Waals surface area contributed by atoms with Crippen molar-refractivity contribution < 1.29 is 0 Å². The van der Waals surface area contributed by atoms with E-state index in [1.807, 2.05) is 22.7 Å². The monoisotopic (exact) mass is 280 g/mol. The summed E-state index contributed by atoms with van der Waals surface area (Å²) in [6.45, 7) is 4.30. The molecule has 0 fully saturated rings. The van der Waals surface area contributed by atoms with Crippen molar-refractivity contribution in [3.05, 3.63) is 44.8 Å². The third-order valence-electron chi connectivity index (χ3n) is 2.87. The Morgan fingerprint density at radius 1 is 1.06 bits per heavy atom. The first-order valence-electron chi connectivity index (χ1n) is 6.28. The highest BCUT2D eigenvalue weighted by Gasteiger charge is 2.00. The van der Waals surface area contributed by atoms with Gasteiger partial charge < -0.3 is 10.2 Å². The van der Waals surface area contributed by atoms with Crippen molar-refractivity contribution in [2.24, 2.45) is 0 Å². The molecule has 0 unspecified atom stereocenters. The van der Waals surface area contributed by atoms with Gasteiger partial charge in [0.25, 0.3) is 0 Å². The van der Waals surface area contributed by atoms with Crippen molar-refractivity contribution in [3.63, 3.8) is 0 Å². The topological polar surface area (TPSA) is 15.3 Å². The van der Waals surface area contributed by atoms with Gasteiger partial charge in [-0.25, -0.2) is 0 Å². The molecule has 0 radical (unpaired) electrons. The summed E-state index contributed by atoms with van der Waals surface area (Å²) >= 11 is 3.67. The summed E-state index contributed by atoms with van der Waals surface area (Å²) in [6, 6.07) is 8.63. The van der Waals surface area contributed by atoms with E-state index in [0.717, 1.165) is 26.2 Å². The second kappa shape index (κ2) is 7.69. The van der Waals surface area contributed by atoms with Crippen LogP contribution in [0.1, 0.15) is 9.75 Å². The summed E-state index contributed by atoms with van der Waals surface area (Å²) < 4.78 is 0. The first-order valence-corrected chi connectivity index (χ1v) is 8.04. The molecule has 2 heterocycles. The molecule has 4 heteroatoms. The minimum absolute atomic E-state index is 0.996. The van der Waals surface area contributed by atoms with Crippen LogP contribution in [0.15, 0.2) is 35.0 Å². The van der Waals surface area contributed by atoms with Crippen LogP contribution in [0.3, 0.4) is 0 Å². The molecule has 98 valence electrons. The summed E-state index contributed by atoms with van der Waals surface area (Å²) in [6.07, 6.45) is 1.17. The minimum Gasteiger partial charge on any atom is -0.311 e. The molecule has 0 aliphatic heterocycles. The summed E-state index contributed by atoms with van der Waals surface area (Å²) in [4.78, 5) is 5.28. The minimum atomic E-state index is 0.996. The van der Waals surface area contributed by atoms with Gasteiger partial charge in [0.1, 0.15) is 0 Å². The van der Waals surface area contributed by atoms with Crippen LogP contribution in [0, 0.1) is 0 Å². The number of thiophene rings is 2. The fourth-order valence-corrected chi connectivity index (χ4v) is 3.14. The molecule has 0 amide bonds. The van der Waals surface area contributed by atoms with Crippen molar-refractivity contribution in [1.82, 2.24) is 10.2 Å². The van der Waals surface area contributed by atoms with E-state index < -0.39 is 0 Å². The predicted molar refractivity (Wildman–Crippen MR) is 81.5 cm³/mol. The molecule has 0 saturated heterocycles. The molecule has 2 aromatic rings. The standard InChI is InChI=1S/C14H20N2S2/c1-16(8-6-13-4-2-10-17-13)9-7-15-12-14-5-3-11-18-14/h2-5,10-11,15H,6-9,12H2,1H3. The highest BCUT2D eigenvalue weighted by Crippen LogP contribution is 2.09. The van der Waals surface area contributed by atoms with Gasteiger partial charge in [-0.05, 0) is 36.4 Å². The van der Waals surface area contributed by atoms with Crippen LogP contribution in [-0.4, -0.2) is 31.6 Å². The average molecular weight is 280 g/mol. The fourth-order valence-electron chi connectivity index (χ4n) is 1.76. The Kier molecular flexibility index (Phi) is 5.87. The zero-order valence-corrected chi connectivity index (χ0v) is 12.4. The van der Waals surface area contributed by atoms with E-state index in [9.17, 15) is 0 Å². The molecular formula is C14H20N2S2. The van der Waals surface area contributed by atoms with Crippen LogP contribution in [0.25, 0.3) is 0 Å². The highest BCUT2D eigenvalue weighted by atomic mass is 32.1. The van der Waals surface area contributed by atoms with Gasteiger partial charge in [-0.15, -0.1) is 22.7 Å². The van der Waals surface area contributed by atoms with Crippen LogP contribution >= 0.6 is 22.7 Å². The van der Waals surface area contributed by atoms with Crippen molar-refractivity contribution in [1.29, 1.82) is 0 Å². The lowest BCUT2D eigenvalue weighted by atomic mass is 10.3. The maximum absolute atomic E-state index is 3.48. The summed E-state index contributed by atoms with van der Waals surface area (Å²) in [5, 5.41) is 7.76. The average Bonchev–Trinajstić information content (AvgIpc) is 3.04. The van der Waals surface area contributed by atoms with Crippen LogP contribution in [0.5, 0.6) is 0 Å². The Bertz CT molecular complexity index is 409. The SMILES string of the molecule is CN(CCNCc1cccs1)CCc1cccs1. The lowest BCUT2D eigenvalue weighted by molar-refractivity contribution is 0.336. The van der Waals surface area contributed by atoms with Gasteiger partial charge >= 0.3 is 0 Å². The Hall–Kier alpha value is -0.680. The first kappa shape index (κ1) is 13.7. The van der Waals surface area contributed by atoms with Crippen molar-refractivity contribution in [2.75, 3.05) is 26.7 Å². The molecule has 0 aromatic carbocycles. The van der Waals surface area contributed by atoms with E-state index in [4.69, 9.17) is 0 Å². The Morgan fingerprint density at radius 2 is 1.78 bits per heavy atom. The first-order chi connectivity index (χ1) is 8.84. The largest absolute Gasteiger partial charge is 0.311 e. The second-order valence-electron chi connectivity index (χ2n) is 4.39. The Morgan fingerprint density at radius 3 is 2.44 bits per heavy atom. The number of hydrogen-bond donors (Lipinski definition) is 1. The van der Waals surface area contributed by atoms with E-state index in [-0.39, 0.29) is 0 Å². The third-order valence-corrected chi connectivity index (χ3v) is 4.68. The summed E-state index contributed by atoms with van der Waals surface area (Å²) in [7, 11) is 2.19. The maximum Gasteiger partial charge on any atom is 0.0300 e. The Labute approximate surface area is 117 Å². The Balaban J connectivity index is 1.53. The lowest BCUT2D eigenvalue weighted by Crippen LogP contribution is -2.30. The molecule has 2 aromatic heterocycles. The number of nitrogens with one attached hydrogen (secondary N) is 1. The molecule has 0 saturated carbocycles. The quantitative estimate of drug-likeness (QED) is 0.748. The molecule has 0 aliphatic rings. The number of rotatable bonds is 8. The van der Waals surface area contributed by atoms with Crippen molar-refractivity contribution >= 4 is 22.7 Å². The van der Waals surface area contributed by atoms with Crippen LogP contribution < -0.4 is 5.32 Å². The fraction of sp³-hybridized carbons (Fsp3) is 0.429. The molecule has 2 rings (SSSR count). The van der Waals surface area contributed by atoms with Crippen LogP contribution in [0.4, 0.5) is 0 Å². The normalized spacial score (nSPS) is 11.2. The number of hydrogen-bond acceptors (Lipinski definition) is 4. The predicted octanol–water partition coefficient (Wildman–Crippen LogP) is 3.07. The molecule has 0 spiro atoms. The second-order valence-corrected chi connectivity index (χ2v) is 6.45. The third kappa shape index (κ3) is 4.90. The van der Waals surface area contributed by atoms with Gasteiger partial charge in [-0.1, -0.05) is 12.1 Å². The molecule has 18 heavy (non-hydrogen) atoms. The molecule has 0 atom stereocenters. The summed E-state index contributed by atoms with van der Waals surface area (Å²) in [5.41, 5.74) is 0. The van der Waals surface area contributed by atoms with Gasteiger partial charge in [-0.3, -0.25) is 0 Å². The zero-order valence-electron chi connectivity index (χ0n) is 10.8. The molecule has 2 nitrogen and oxygen atoms in total. The van der Waals surface area contributed by atoms with Crippen molar-refractivity contribution in [2.45, 2.75) is 13.0 Å². The van der Waals surface area contributed by atoms with Gasteiger partial charge in [0.15, 0.2) is 0 Å². The van der Waals surface area contributed by atoms with Gasteiger partial charge in [0.05, 0.1) is 0 Å². The van der Waals surface area contributed by atoms with E-state index in [2.05, 4.69) is 52.3 Å².